The van der Waals surface area contributed by atoms with Crippen LogP contribution in [-0.4, -0.2) is 20.9 Å². The zero-order valence-electron chi connectivity index (χ0n) is 11.5. The lowest BCUT2D eigenvalue weighted by molar-refractivity contribution is -0.387. The van der Waals surface area contributed by atoms with Crippen LogP contribution < -0.4 is 4.74 Å². The van der Waals surface area contributed by atoms with Crippen molar-refractivity contribution in [3.8, 4) is 5.75 Å². The van der Waals surface area contributed by atoms with Crippen molar-refractivity contribution in [3.05, 3.63) is 73.8 Å². The highest BCUT2D eigenvalue weighted by Gasteiger charge is 2.25. The lowest BCUT2D eigenvalue weighted by Gasteiger charge is -2.08. The third kappa shape index (κ3) is 3.40. The highest BCUT2D eigenvalue weighted by atomic mass is 16.6. The van der Waals surface area contributed by atoms with Crippen molar-refractivity contribution in [2.75, 3.05) is 0 Å². The number of hydrogen-bond acceptors (Lipinski definition) is 6. The number of carboxylic acid groups (broad SMARTS) is 1. The Kier molecular flexibility index (Phi) is 4.50. The Morgan fingerprint density at radius 2 is 1.74 bits per heavy atom. The van der Waals surface area contributed by atoms with Crippen LogP contribution in [0.2, 0.25) is 0 Å². The van der Waals surface area contributed by atoms with Gasteiger partial charge in [0, 0.05) is 6.07 Å². The summed E-state index contributed by atoms with van der Waals surface area (Å²) in [6.07, 6.45) is 0. The molecule has 23 heavy (non-hydrogen) atoms. The van der Waals surface area contributed by atoms with Crippen LogP contribution in [0.5, 0.6) is 5.75 Å². The van der Waals surface area contributed by atoms with Crippen molar-refractivity contribution < 1.29 is 24.5 Å². The molecular formula is C14H10N2O7. The molecule has 0 fully saturated rings. The molecule has 0 saturated heterocycles. The second-order valence-electron chi connectivity index (χ2n) is 4.39. The fourth-order valence-corrected chi connectivity index (χ4v) is 1.97. The van der Waals surface area contributed by atoms with Crippen LogP contribution in [0.3, 0.4) is 0 Å². The van der Waals surface area contributed by atoms with E-state index in [9.17, 15) is 25.0 Å². The standard InChI is InChI=1S/C14H10N2O7/c17-14(18)10-5-3-7-12(13(10)16(21)22)23-8-9-4-1-2-6-11(9)15(19)20/h1-7H,8H2,(H,17,18). The maximum atomic E-state index is 11.1. The Balaban J connectivity index is 2.35. The predicted molar refractivity (Wildman–Crippen MR) is 77.5 cm³/mol. The van der Waals surface area contributed by atoms with Crippen LogP contribution in [0.1, 0.15) is 15.9 Å². The number of aromatic carboxylic acids is 1. The molecule has 0 amide bonds. The van der Waals surface area contributed by atoms with Gasteiger partial charge in [-0.3, -0.25) is 20.2 Å². The fraction of sp³-hybridized carbons (Fsp3) is 0.0714. The van der Waals surface area contributed by atoms with Crippen LogP contribution in [0.15, 0.2) is 42.5 Å². The maximum absolute atomic E-state index is 11.1. The van der Waals surface area contributed by atoms with Gasteiger partial charge in [-0.2, -0.15) is 0 Å². The molecule has 2 rings (SSSR count). The molecule has 9 heteroatoms. The number of nitrogens with zero attached hydrogens (tertiary/aromatic N) is 2. The van der Waals surface area contributed by atoms with Gasteiger partial charge in [0.05, 0.1) is 15.4 Å². The molecule has 0 radical (unpaired) electrons. The second-order valence-corrected chi connectivity index (χ2v) is 4.39. The Morgan fingerprint density at radius 3 is 2.35 bits per heavy atom. The molecule has 2 aromatic rings. The zero-order chi connectivity index (χ0) is 17.0. The molecule has 0 aliphatic heterocycles. The van der Waals surface area contributed by atoms with Crippen LogP contribution in [-0.2, 0) is 6.61 Å². The summed E-state index contributed by atoms with van der Waals surface area (Å²) >= 11 is 0. The average molecular weight is 318 g/mol. The summed E-state index contributed by atoms with van der Waals surface area (Å²) in [5.41, 5.74) is -1.19. The smallest absolute Gasteiger partial charge is 0.342 e. The SMILES string of the molecule is O=C(O)c1cccc(OCc2ccccc2[N+](=O)[O-])c1[N+](=O)[O-]. The number of carbonyl (C=O) groups is 1. The Labute approximate surface area is 129 Å². The number of carboxylic acids is 1. The van der Waals surface area contributed by atoms with Gasteiger partial charge in [-0.1, -0.05) is 18.2 Å². The number of nitro benzene ring substituents is 2. The highest BCUT2D eigenvalue weighted by molar-refractivity contribution is 5.93. The van der Waals surface area contributed by atoms with Crippen molar-refractivity contribution in [1.29, 1.82) is 0 Å². The normalized spacial score (nSPS) is 10.1. The molecule has 2 aromatic carbocycles. The molecule has 0 bridgehead atoms. The minimum atomic E-state index is -1.46. The van der Waals surface area contributed by atoms with Gasteiger partial charge in [0.25, 0.3) is 5.69 Å². The minimum Gasteiger partial charge on any atom is -0.482 e. The van der Waals surface area contributed by atoms with E-state index in [-0.39, 0.29) is 23.6 Å². The van der Waals surface area contributed by atoms with Gasteiger partial charge in [0.2, 0.25) is 0 Å². The summed E-state index contributed by atoms with van der Waals surface area (Å²) in [7, 11) is 0. The minimum absolute atomic E-state index is 0.190. The monoisotopic (exact) mass is 318 g/mol. The van der Waals surface area contributed by atoms with E-state index in [4.69, 9.17) is 9.84 Å². The molecular weight excluding hydrogens is 308 g/mol. The quantitative estimate of drug-likeness (QED) is 0.639. The summed E-state index contributed by atoms with van der Waals surface area (Å²) in [6.45, 7) is -0.304. The van der Waals surface area contributed by atoms with Gasteiger partial charge < -0.3 is 9.84 Å². The van der Waals surface area contributed by atoms with Gasteiger partial charge in [-0.15, -0.1) is 0 Å². The number of para-hydroxylation sites is 2. The molecule has 0 aliphatic rings. The largest absolute Gasteiger partial charge is 0.482 e. The third-order valence-corrected chi connectivity index (χ3v) is 2.98. The van der Waals surface area contributed by atoms with Crippen LogP contribution in [0.4, 0.5) is 11.4 Å². The van der Waals surface area contributed by atoms with Gasteiger partial charge in [0.15, 0.2) is 5.75 Å². The number of ether oxygens (including phenoxy) is 1. The van der Waals surface area contributed by atoms with E-state index in [1.165, 1.54) is 30.3 Å². The second kappa shape index (κ2) is 6.52. The summed E-state index contributed by atoms with van der Waals surface area (Å²) in [6, 6.07) is 9.39. The lowest BCUT2D eigenvalue weighted by Crippen LogP contribution is -2.06. The Morgan fingerprint density at radius 1 is 1.04 bits per heavy atom. The lowest BCUT2D eigenvalue weighted by atomic mass is 10.1. The summed E-state index contributed by atoms with van der Waals surface area (Å²) in [5.74, 6) is -1.74. The van der Waals surface area contributed by atoms with Gasteiger partial charge in [-0.05, 0) is 18.2 Å². The van der Waals surface area contributed by atoms with E-state index >= 15 is 0 Å². The first kappa shape index (κ1) is 15.9. The number of hydrogen-bond donors (Lipinski definition) is 1. The van der Waals surface area contributed by atoms with Crippen molar-refractivity contribution in [1.82, 2.24) is 0 Å². The molecule has 0 heterocycles. The Bertz CT molecular complexity index is 788. The van der Waals surface area contributed by atoms with E-state index in [1.807, 2.05) is 0 Å². The average Bonchev–Trinajstić information content (AvgIpc) is 2.52. The van der Waals surface area contributed by atoms with Crippen LogP contribution in [0, 0.1) is 20.2 Å². The summed E-state index contributed by atoms with van der Waals surface area (Å²) in [4.78, 5) is 31.6. The van der Waals surface area contributed by atoms with Gasteiger partial charge >= 0.3 is 11.7 Å². The molecule has 9 nitrogen and oxygen atoms in total. The fourth-order valence-electron chi connectivity index (χ4n) is 1.97. The first-order valence-electron chi connectivity index (χ1n) is 6.27. The molecule has 0 unspecified atom stereocenters. The molecule has 0 atom stereocenters. The van der Waals surface area contributed by atoms with E-state index in [0.717, 1.165) is 6.07 Å². The van der Waals surface area contributed by atoms with Crippen molar-refractivity contribution in [2.24, 2.45) is 0 Å². The van der Waals surface area contributed by atoms with Gasteiger partial charge in [-0.25, -0.2) is 4.79 Å². The maximum Gasteiger partial charge on any atom is 0.342 e. The number of nitro groups is 2. The molecule has 118 valence electrons. The van der Waals surface area contributed by atoms with E-state index < -0.39 is 27.1 Å². The molecule has 0 spiro atoms. The molecule has 0 saturated carbocycles. The zero-order valence-corrected chi connectivity index (χ0v) is 11.5. The highest BCUT2D eigenvalue weighted by Crippen LogP contribution is 2.32. The van der Waals surface area contributed by atoms with Crippen molar-refractivity contribution >= 4 is 17.3 Å². The molecule has 0 aliphatic carbocycles. The number of benzene rings is 2. The van der Waals surface area contributed by atoms with E-state index in [1.54, 1.807) is 6.07 Å². The van der Waals surface area contributed by atoms with Crippen LogP contribution >= 0.6 is 0 Å². The third-order valence-electron chi connectivity index (χ3n) is 2.98. The topological polar surface area (TPSA) is 133 Å². The van der Waals surface area contributed by atoms with E-state index in [2.05, 4.69) is 0 Å². The first-order valence-corrected chi connectivity index (χ1v) is 6.27. The predicted octanol–water partition coefficient (Wildman–Crippen LogP) is 2.78. The molecule has 0 aromatic heterocycles. The van der Waals surface area contributed by atoms with Gasteiger partial charge in [0.1, 0.15) is 12.2 Å². The van der Waals surface area contributed by atoms with Crippen molar-refractivity contribution in [2.45, 2.75) is 6.61 Å². The van der Waals surface area contributed by atoms with Crippen LogP contribution in [0.25, 0.3) is 0 Å². The summed E-state index contributed by atoms with van der Waals surface area (Å²) in [5, 5.41) is 31.0. The Hall–Kier alpha value is -3.49. The van der Waals surface area contributed by atoms with E-state index in [0.29, 0.717) is 0 Å². The van der Waals surface area contributed by atoms with Crippen molar-refractivity contribution in [3.63, 3.8) is 0 Å². The molecule has 1 N–H and O–H groups in total. The number of rotatable bonds is 6. The first-order chi connectivity index (χ1) is 10.9. The summed E-state index contributed by atoms with van der Waals surface area (Å²) < 4.78 is 5.26.